The number of carbonyl (C=O) groups excluding carboxylic acids is 2. The van der Waals surface area contributed by atoms with Crippen LogP contribution in [0.5, 0.6) is 0 Å². The zero-order valence-corrected chi connectivity index (χ0v) is 23.5. The predicted octanol–water partition coefficient (Wildman–Crippen LogP) is 4.91. The second-order valence-electron chi connectivity index (χ2n) is 9.21. The van der Waals surface area contributed by atoms with Crippen LogP contribution < -0.4 is 9.62 Å². The molecule has 1 N–H and O–H groups in total. The number of amides is 2. The van der Waals surface area contributed by atoms with Crippen molar-refractivity contribution in [2.24, 2.45) is 0 Å². The van der Waals surface area contributed by atoms with E-state index >= 15 is 0 Å². The summed E-state index contributed by atoms with van der Waals surface area (Å²) in [5.74, 6) is -0.754. The molecule has 0 unspecified atom stereocenters. The molecule has 9 heteroatoms. The Morgan fingerprint density at radius 3 is 2.13 bits per heavy atom. The maximum Gasteiger partial charge on any atom is 0.264 e. The lowest BCUT2D eigenvalue weighted by atomic mass is 10.1. The van der Waals surface area contributed by atoms with Crippen LogP contribution in [0, 0.1) is 0 Å². The second kappa shape index (κ2) is 13.4. The Labute approximate surface area is 230 Å². The molecule has 0 spiro atoms. The van der Waals surface area contributed by atoms with E-state index in [-0.39, 0.29) is 29.1 Å². The Bertz CT molecular complexity index is 1320. The van der Waals surface area contributed by atoms with Crippen LogP contribution >= 0.6 is 11.6 Å². The summed E-state index contributed by atoms with van der Waals surface area (Å²) in [6.45, 7) is 5.31. The van der Waals surface area contributed by atoms with Gasteiger partial charge in [0.15, 0.2) is 0 Å². The van der Waals surface area contributed by atoms with Crippen molar-refractivity contribution >= 4 is 39.1 Å². The minimum atomic E-state index is -4.11. The van der Waals surface area contributed by atoms with Gasteiger partial charge >= 0.3 is 0 Å². The van der Waals surface area contributed by atoms with Gasteiger partial charge in [-0.15, -0.1) is 0 Å². The molecule has 0 aliphatic rings. The van der Waals surface area contributed by atoms with Gasteiger partial charge in [-0.05, 0) is 62.6 Å². The SMILES string of the molecule is CC[C@H](C(=O)NC(C)C)N(CCc1ccccc1)C(=O)CN(c1cccc(Cl)c1)S(=O)(=O)c1ccccc1. The summed E-state index contributed by atoms with van der Waals surface area (Å²) in [6, 6.07) is 23.1. The molecule has 0 saturated carbocycles. The van der Waals surface area contributed by atoms with Gasteiger partial charge in [-0.1, -0.05) is 73.1 Å². The molecule has 0 fully saturated rings. The highest BCUT2D eigenvalue weighted by atomic mass is 35.5. The molecular weight excluding hydrogens is 522 g/mol. The van der Waals surface area contributed by atoms with Crippen molar-refractivity contribution in [3.8, 4) is 0 Å². The number of anilines is 1. The van der Waals surface area contributed by atoms with Crippen molar-refractivity contribution in [2.45, 2.75) is 50.6 Å². The molecule has 3 aromatic rings. The molecule has 2 amide bonds. The lowest BCUT2D eigenvalue weighted by Crippen LogP contribution is -2.54. The molecule has 0 aliphatic carbocycles. The molecule has 0 heterocycles. The molecule has 0 aromatic heterocycles. The Morgan fingerprint density at radius 1 is 0.921 bits per heavy atom. The fraction of sp³-hybridized carbons (Fsp3) is 0.310. The number of nitrogens with one attached hydrogen (secondary N) is 1. The Kier molecular flexibility index (Phi) is 10.3. The first-order valence-corrected chi connectivity index (χ1v) is 14.4. The summed E-state index contributed by atoms with van der Waals surface area (Å²) in [5.41, 5.74) is 1.27. The first-order chi connectivity index (χ1) is 18.1. The molecular formula is C29H34ClN3O4S. The Morgan fingerprint density at radius 2 is 1.55 bits per heavy atom. The molecule has 0 bridgehead atoms. The van der Waals surface area contributed by atoms with E-state index in [1.807, 2.05) is 51.1 Å². The number of halogens is 1. The van der Waals surface area contributed by atoms with E-state index in [0.717, 1.165) is 9.87 Å². The lowest BCUT2D eigenvalue weighted by molar-refractivity contribution is -0.139. The zero-order valence-electron chi connectivity index (χ0n) is 21.9. The zero-order chi connectivity index (χ0) is 27.7. The first kappa shape index (κ1) is 29.2. The molecule has 1 atom stereocenters. The Balaban J connectivity index is 2.00. The van der Waals surface area contributed by atoms with Crippen LogP contribution in [0.2, 0.25) is 5.02 Å². The molecule has 3 rings (SSSR count). The fourth-order valence-corrected chi connectivity index (χ4v) is 5.77. The number of nitrogens with zero attached hydrogens (tertiary/aromatic N) is 2. The van der Waals surface area contributed by atoms with Crippen LogP contribution in [0.3, 0.4) is 0 Å². The van der Waals surface area contributed by atoms with E-state index in [1.54, 1.807) is 36.4 Å². The minimum Gasteiger partial charge on any atom is -0.352 e. The van der Waals surface area contributed by atoms with Gasteiger partial charge in [-0.25, -0.2) is 8.42 Å². The van der Waals surface area contributed by atoms with E-state index < -0.39 is 28.5 Å². The minimum absolute atomic E-state index is 0.0493. The van der Waals surface area contributed by atoms with Crippen LogP contribution in [0.1, 0.15) is 32.8 Å². The fourth-order valence-electron chi connectivity index (χ4n) is 4.16. The van der Waals surface area contributed by atoms with Gasteiger partial charge in [-0.3, -0.25) is 13.9 Å². The summed E-state index contributed by atoms with van der Waals surface area (Å²) in [4.78, 5) is 28.6. The van der Waals surface area contributed by atoms with E-state index in [0.29, 0.717) is 17.9 Å². The van der Waals surface area contributed by atoms with E-state index in [2.05, 4.69) is 5.32 Å². The van der Waals surface area contributed by atoms with Crippen LogP contribution in [-0.4, -0.2) is 50.3 Å². The highest BCUT2D eigenvalue weighted by Gasteiger charge is 2.33. The van der Waals surface area contributed by atoms with Crippen molar-refractivity contribution in [2.75, 3.05) is 17.4 Å². The number of benzene rings is 3. The van der Waals surface area contributed by atoms with Crippen LogP contribution in [0.15, 0.2) is 89.8 Å². The van der Waals surface area contributed by atoms with Gasteiger partial charge in [0, 0.05) is 17.6 Å². The number of rotatable bonds is 12. The van der Waals surface area contributed by atoms with Gasteiger partial charge in [0.05, 0.1) is 10.6 Å². The average Bonchev–Trinajstić information content (AvgIpc) is 2.90. The molecule has 38 heavy (non-hydrogen) atoms. The normalized spacial score (nSPS) is 12.1. The first-order valence-electron chi connectivity index (χ1n) is 12.6. The van der Waals surface area contributed by atoms with Gasteiger partial charge in [0.25, 0.3) is 10.0 Å². The predicted molar refractivity (Wildman–Crippen MR) is 152 cm³/mol. The van der Waals surface area contributed by atoms with Gasteiger partial charge in [0.1, 0.15) is 12.6 Å². The Hall–Kier alpha value is -3.36. The summed E-state index contributed by atoms with van der Waals surface area (Å²) < 4.78 is 28.5. The van der Waals surface area contributed by atoms with Crippen molar-refractivity contribution in [1.29, 1.82) is 0 Å². The third-order valence-corrected chi connectivity index (χ3v) is 8.03. The topological polar surface area (TPSA) is 86.8 Å². The average molecular weight is 556 g/mol. The van der Waals surface area contributed by atoms with E-state index in [1.165, 1.54) is 23.1 Å². The molecule has 0 radical (unpaired) electrons. The standard InChI is InChI=1S/C29H34ClN3O4S/c1-4-27(29(35)31-22(2)3)32(19-18-23-12-7-5-8-13-23)28(34)21-33(25-15-11-14-24(30)20-25)38(36,37)26-16-9-6-10-17-26/h5-17,20,22,27H,4,18-19,21H2,1-3H3,(H,31,35)/t27-/m1/s1. The summed E-state index contributed by atoms with van der Waals surface area (Å²) in [5, 5.41) is 3.23. The maximum absolute atomic E-state index is 13.9. The number of hydrogen-bond acceptors (Lipinski definition) is 4. The summed E-state index contributed by atoms with van der Waals surface area (Å²) >= 11 is 6.19. The van der Waals surface area contributed by atoms with E-state index in [9.17, 15) is 18.0 Å². The van der Waals surface area contributed by atoms with Crippen LogP contribution in [0.25, 0.3) is 0 Å². The quantitative estimate of drug-likeness (QED) is 0.344. The third-order valence-electron chi connectivity index (χ3n) is 6.01. The second-order valence-corrected chi connectivity index (χ2v) is 11.5. The van der Waals surface area contributed by atoms with Gasteiger partial charge in [0.2, 0.25) is 11.8 Å². The highest BCUT2D eigenvalue weighted by Crippen LogP contribution is 2.26. The van der Waals surface area contributed by atoms with Crippen molar-refractivity contribution in [3.05, 3.63) is 95.5 Å². The maximum atomic E-state index is 13.9. The molecule has 3 aromatic carbocycles. The molecule has 202 valence electrons. The van der Waals surface area contributed by atoms with Gasteiger partial charge in [-0.2, -0.15) is 0 Å². The third kappa shape index (κ3) is 7.58. The molecule has 0 saturated heterocycles. The number of carbonyl (C=O) groups is 2. The number of hydrogen-bond donors (Lipinski definition) is 1. The highest BCUT2D eigenvalue weighted by molar-refractivity contribution is 7.92. The van der Waals surface area contributed by atoms with Crippen molar-refractivity contribution < 1.29 is 18.0 Å². The van der Waals surface area contributed by atoms with Crippen molar-refractivity contribution in [1.82, 2.24) is 10.2 Å². The summed E-state index contributed by atoms with van der Waals surface area (Å²) in [7, 11) is -4.11. The van der Waals surface area contributed by atoms with Crippen molar-refractivity contribution in [3.63, 3.8) is 0 Å². The largest absolute Gasteiger partial charge is 0.352 e. The van der Waals surface area contributed by atoms with Gasteiger partial charge < -0.3 is 10.2 Å². The smallest absolute Gasteiger partial charge is 0.264 e. The monoisotopic (exact) mass is 555 g/mol. The summed E-state index contributed by atoms with van der Waals surface area (Å²) in [6.07, 6.45) is 0.891. The van der Waals surface area contributed by atoms with Crippen LogP contribution in [0.4, 0.5) is 5.69 Å². The molecule has 0 aliphatic heterocycles. The number of sulfonamides is 1. The van der Waals surface area contributed by atoms with E-state index in [4.69, 9.17) is 11.6 Å². The molecule has 7 nitrogen and oxygen atoms in total. The lowest BCUT2D eigenvalue weighted by Gasteiger charge is -2.33. The van der Waals surface area contributed by atoms with Crippen LogP contribution in [-0.2, 0) is 26.0 Å².